The average molecular weight is 348 g/mol. The summed E-state index contributed by atoms with van der Waals surface area (Å²) < 4.78 is 18.6. The van der Waals surface area contributed by atoms with Crippen LogP contribution in [0.2, 0.25) is 0 Å². The van der Waals surface area contributed by atoms with E-state index >= 15 is 0 Å². The summed E-state index contributed by atoms with van der Waals surface area (Å²) in [6.07, 6.45) is 6.09. The molecule has 2 fully saturated rings. The maximum absolute atomic E-state index is 13.1. The van der Waals surface area contributed by atoms with Crippen LogP contribution in [0.15, 0.2) is 24.3 Å². The number of carbonyl (C=O) groups is 1. The summed E-state index contributed by atoms with van der Waals surface area (Å²) >= 11 is 0. The number of hydrogen-bond donors (Lipinski definition) is 0. The highest BCUT2D eigenvalue weighted by molar-refractivity contribution is 5.87. The molecule has 1 atom stereocenters. The largest absolute Gasteiger partial charge is 0.494 e. The lowest BCUT2D eigenvalue weighted by Crippen LogP contribution is -2.60. The van der Waals surface area contributed by atoms with Crippen LogP contribution < -0.4 is 4.74 Å². The summed E-state index contributed by atoms with van der Waals surface area (Å²) in [4.78, 5) is 17.5. The van der Waals surface area contributed by atoms with Gasteiger partial charge in [0.1, 0.15) is 17.1 Å². The summed E-state index contributed by atoms with van der Waals surface area (Å²) in [5, 5.41) is 0. The predicted molar refractivity (Wildman–Crippen MR) is 96.2 cm³/mol. The van der Waals surface area contributed by atoms with Gasteiger partial charge in [-0.25, -0.2) is 4.39 Å². The second-order valence-corrected chi connectivity index (χ2v) is 7.17. The minimum Gasteiger partial charge on any atom is -0.494 e. The van der Waals surface area contributed by atoms with Gasteiger partial charge >= 0.3 is 0 Å². The number of amides is 1. The van der Waals surface area contributed by atoms with Crippen molar-refractivity contribution in [1.29, 1.82) is 0 Å². The summed E-state index contributed by atoms with van der Waals surface area (Å²) in [6.45, 7) is 6.39. The van der Waals surface area contributed by atoms with Gasteiger partial charge in [-0.05, 0) is 69.3 Å². The molecule has 0 bridgehead atoms. The Hall–Kier alpha value is -1.62. The number of nitrogens with zero attached hydrogens (tertiary/aromatic N) is 2. The van der Waals surface area contributed by atoms with E-state index in [9.17, 15) is 9.18 Å². The Morgan fingerprint density at radius 2 is 1.84 bits per heavy atom. The first-order chi connectivity index (χ1) is 12.2. The fraction of sp³-hybridized carbons (Fsp3) is 0.650. The van der Waals surface area contributed by atoms with E-state index in [-0.39, 0.29) is 11.4 Å². The third-order valence-electron chi connectivity index (χ3n) is 5.48. The van der Waals surface area contributed by atoms with Gasteiger partial charge in [0, 0.05) is 19.6 Å². The van der Waals surface area contributed by atoms with Crippen molar-refractivity contribution in [3.63, 3.8) is 0 Å². The number of halogens is 1. The van der Waals surface area contributed by atoms with E-state index < -0.39 is 0 Å². The summed E-state index contributed by atoms with van der Waals surface area (Å²) in [5.41, 5.74) is -0.261. The molecule has 1 aromatic carbocycles. The maximum atomic E-state index is 13.1. The zero-order valence-corrected chi connectivity index (χ0v) is 15.2. The lowest BCUT2D eigenvalue weighted by Gasteiger charge is -2.44. The summed E-state index contributed by atoms with van der Waals surface area (Å²) in [7, 11) is 0. The Kier molecular flexibility index (Phi) is 5.94. The molecule has 5 heteroatoms. The zero-order chi connectivity index (χ0) is 17.7. The first-order valence-electron chi connectivity index (χ1n) is 9.58. The lowest BCUT2D eigenvalue weighted by atomic mass is 9.85. The van der Waals surface area contributed by atoms with Gasteiger partial charge < -0.3 is 9.64 Å². The van der Waals surface area contributed by atoms with E-state index in [1.165, 1.54) is 12.1 Å². The van der Waals surface area contributed by atoms with Crippen molar-refractivity contribution < 1.29 is 13.9 Å². The average Bonchev–Trinajstić information content (AvgIpc) is 3.01. The number of rotatable bonds is 7. The van der Waals surface area contributed by atoms with Crippen LogP contribution in [0, 0.1) is 5.82 Å². The van der Waals surface area contributed by atoms with Crippen molar-refractivity contribution in [2.24, 2.45) is 0 Å². The van der Waals surface area contributed by atoms with E-state index in [1.807, 2.05) is 0 Å². The van der Waals surface area contributed by atoms with Gasteiger partial charge in [-0.15, -0.1) is 0 Å². The van der Waals surface area contributed by atoms with Crippen molar-refractivity contribution in [3.8, 4) is 5.75 Å². The normalized spacial score (nSPS) is 24.2. The van der Waals surface area contributed by atoms with Gasteiger partial charge in [0.2, 0.25) is 5.91 Å². The standard InChI is InChI=1S/C20H29FN2O2/c1-2-12-22-13-3-10-20(19(22)24)11-4-14-23(20)15-5-16-25-18-8-6-17(21)7-9-18/h6-9H,2-5,10-16H2,1H3. The molecule has 4 nitrogen and oxygen atoms in total. The van der Waals surface area contributed by atoms with E-state index in [0.29, 0.717) is 18.3 Å². The molecule has 0 aromatic heterocycles. The minimum absolute atomic E-state index is 0.251. The molecule has 2 aliphatic heterocycles. The zero-order valence-electron chi connectivity index (χ0n) is 15.2. The van der Waals surface area contributed by atoms with Crippen molar-refractivity contribution >= 4 is 5.91 Å². The van der Waals surface area contributed by atoms with Crippen molar-refractivity contribution in [2.75, 3.05) is 32.8 Å². The van der Waals surface area contributed by atoms with Gasteiger partial charge in [-0.2, -0.15) is 0 Å². The van der Waals surface area contributed by atoms with Gasteiger partial charge in [0.05, 0.1) is 6.61 Å². The van der Waals surface area contributed by atoms with E-state index in [0.717, 1.165) is 64.7 Å². The number of benzene rings is 1. The topological polar surface area (TPSA) is 32.8 Å². The minimum atomic E-state index is -0.261. The highest BCUT2D eigenvalue weighted by atomic mass is 19.1. The third-order valence-corrected chi connectivity index (χ3v) is 5.48. The van der Waals surface area contributed by atoms with Gasteiger partial charge in [-0.1, -0.05) is 6.92 Å². The maximum Gasteiger partial charge on any atom is 0.243 e. The molecule has 0 radical (unpaired) electrons. The second-order valence-electron chi connectivity index (χ2n) is 7.17. The predicted octanol–water partition coefficient (Wildman–Crippen LogP) is 3.46. The van der Waals surface area contributed by atoms with Gasteiger partial charge in [-0.3, -0.25) is 9.69 Å². The molecule has 25 heavy (non-hydrogen) atoms. The SMILES string of the molecule is CCCN1CCCC2(CCCN2CCCOc2ccc(F)cc2)C1=O. The van der Waals surface area contributed by atoms with E-state index in [1.54, 1.807) is 12.1 Å². The van der Waals surface area contributed by atoms with Crippen LogP contribution in [0.4, 0.5) is 4.39 Å². The van der Waals surface area contributed by atoms with Gasteiger partial charge in [0.25, 0.3) is 0 Å². The number of likely N-dealkylation sites (tertiary alicyclic amines) is 2. The third kappa shape index (κ3) is 3.97. The van der Waals surface area contributed by atoms with Crippen LogP contribution in [0.1, 0.15) is 45.4 Å². The number of piperidine rings is 1. The van der Waals surface area contributed by atoms with Crippen LogP contribution in [-0.4, -0.2) is 54.0 Å². The van der Waals surface area contributed by atoms with Crippen molar-refractivity contribution in [1.82, 2.24) is 9.80 Å². The van der Waals surface area contributed by atoms with Crippen LogP contribution in [0.3, 0.4) is 0 Å². The van der Waals surface area contributed by atoms with Gasteiger partial charge in [0.15, 0.2) is 0 Å². The Morgan fingerprint density at radius 3 is 2.56 bits per heavy atom. The Morgan fingerprint density at radius 1 is 1.12 bits per heavy atom. The van der Waals surface area contributed by atoms with Crippen molar-refractivity contribution in [2.45, 2.75) is 51.0 Å². The molecular formula is C20H29FN2O2. The monoisotopic (exact) mass is 348 g/mol. The van der Waals surface area contributed by atoms with Crippen molar-refractivity contribution in [3.05, 3.63) is 30.1 Å². The van der Waals surface area contributed by atoms with Crippen LogP contribution in [0.5, 0.6) is 5.75 Å². The molecule has 1 amide bonds. The van der Waals surface area contributed by atoms with E-state index in [4.69, 9.17) is 4.74 Å². The second kappa shape index (κ2) is 8.17. The Bertz CT molecular complexity index is 576. The first kappa shape index (κ1) is 18.2. The summed E-state index contributed by atoms with van der Waals surface area (Å²) in [6, 6.07) is 6.13. The van der Waals surface area contributed by atoms with Crippen LogP contribution in [0.25, 0.3) is 0 Å². The number of hydrogen-bond acceptors (Lipinski definition) is 3. The molecule has 2 heterocycles. The molecule has 2 aliphatic rings. The van der Waals surface area contributed by atoms with Crippen LogP contribution in [-0.2, 0) is 4.79 Å². The number of carbonyl (C=O) groups excluding carboxylic acids is 1. The molecular weight excluding hydrogens is 319 g/mol. The quantitative estimate of drug-likeness (QED) is 0.708. The first-order valence-corrected chi connectivity index (χ1v) is 9.58. The Balaban J connectivity index is 1.53. The molecule has 3 rings (SSSR count). The fourth-order valence-electron chi connectivity index (χ4n) is 4.31. The molecule has 0 saturated carbocycles. The smallest absolute Gasteiger partial charge is 0.243 e. The molecule has 1 spiro atoms. The molecule has 1 aromatic rings. The summed E-state index contributed by atoms with van der Waals surface area (Å²) in [5.74, 6) is 0.789. The van der Waals surface area contributed by atoms with E-state index in [2.05, 4.69) is 16.7 Å². The molecule has 138 valence electrons. The highest BCUT2D eigenvalue weighted by Gasteiger charge is 2.50. The molecule has 0 N–H and O–H groups in total. The molecule has 2 saturated heterocycles. The lowest BCUT2D eigenvalue weighted by molar-refractivity contribution is -0.147. The molecule has 0 aliphatic carbocycles. The number of ether oxygens (including phenoxy) is 1. The van der Waals surface area contributed by atoms with Crippen LogP contribution >= 0.6 is 0 Å². The highest BCUT2D eigenvalue weighted by Crippen LogP contribution is 2.38. The molecule has 1 unspecified atom stereocenters. The Labute approximate surface area is 149 Å². The fourth-order valence-corrected chi connectivity index (χ4v) is 4.31.